The number of hydrogen-bond donors (Lipinski definition) is 2. The number of rotatable bonds is 10. The molecule has 0 fully saturated rings. The fourth-order valence-corrected chi connectivity index (χ4v) is 2.49. The van der Waals surface area contributed by atoms with E-state index in [0.29, 0.717) is 6.04 Å². The second-order valence-corrected chi connectivity index (χ2v) is 5.98. The average Bonchev–Trinajstić information content (AvgIpc) is 2.32. The molecule has 4 heteroatoms. The fraction of sp³-hybridized carbons (Fsp3) is 0.933. The molecule has 0 heterocycles. The molecule has 0 radical (unpaired) electrons. The smallest absolute Gasteiger partial charge is 0.237 e. The molecule has 0 bridgehead atoms. The summed E-state index contributed by atoms with van der Waals surface area (Å²) in [4.78, 5) is 14.1. The first-order chi connectivity index (χ1) is 8.76. The van der Waals surface area contributed by atoms with E-state index >= 15 is 0 Å². The van der Waals surface area contributed by atoms with Crippen molar-refractivity contribution in [1.29, 1.82) is 0 Å². The van der Waals surface area contributed by atoms with E-state index in [0.717, 1.165) is 32.4 Å². The molecular formula is C15H33N3O. The number of carbonyl (C=O) groups is 1. The van der Waals surface area contributed by atoms with Gasteiger partial charge in [0, 0.05) is 12.1 Å². The Bertz CT molecular complexity index is 268. The lowest BCUT2D eigenvalue weighted by Gasteiger charge is -2.32. The summed E-state index contributed by atoms with van der Waals surface area (Å²) in [5, 5.41) is 3.30. The van der Waals surface area contributed by atoms with Crippen molar-refractivity contribution >= 4 is 5.91 Å². The molecule has 0 aromatic rings. The van der Waals surface area contributed by atoms with Gasteiger partial charge in [-0.15, -0.1) is 0 Å². The maximum atomic E-state index is 11.6. The molecule has 19 heavy (non-hydrogen) atoms. The highest BCUT2D eigenvalue weighted by molar-refractivity contribution is 5.84. The zero-order valence-corrected chi connectivity index (χ0v) is 13.6. The van der Waals surface area contributed by atoms with Gasteiger partial charge in [0.05, 0.1) is 5.54 Å². The van der Waals surface area contributed by atoms with Crippen molar-refractivity contribution in [2.24, 2.45) is 5.73 Å². The van der Waals surface area contributed by atoms with Crippen LogP contribution < -0.4 is 11.1 Å². The predicted octanol–water partition coefficient (Wildman–Crippen LogP) is 2.13. The molecule has 2 atom stereocenters. The van der Waals surface area contributed by atoms with E-state index in [1.54, 1.807) is 0 Å². The van der Waals surface area contributed by atoms with Gasteiger partial charge >= 0.3 is 0 Å². The number of nitrogens with two attached hydrogens (primary N) is 1. The number of hydrogen-bond acceptors (Lipinski definition) is 3. The molecule has 1 amide bonds. The molecule has 0 aliphatic heterocycles. The summed E-state index contributed by atoms with van der Waals surface area (Å²) in [6.07, 6.45) is 2.93. The normalized spacial score (nSPS) is 16.6. The molecule has 0 saturated carbocycles. The van der Waals surface area contributed by atoms with Crippen molar-refractivity contribution in [2.75, 3.05) is 13.1 Å². The standard InChI is InChI=1S/C15H33N3O/c1-7-13(5)18(8-2)11-9-10-15(6,14(16)19)17-12(3)4/h12-13,17H,7-11H2,1-6H3,(H2,16,19). The Balaban J connectivity index is 4.37. The van der Waals surface area contributed by atoms with Gasteiger partial charge in [0.25, 0.3) is 0 Å². The van der Waals surface area contributed by atoms with E-state index in [1.807, 2.05) is 20.8 Å². The zero-order valence-electron chi connectivity index (χ0n) is 13.6. The van der Waals surface area contributed by atoms with E-state index in [4.69, 9.17) is 5.73 Å². The van der Waals surface area contributed by atoms with Crippen LogP contribution in [0.1, 0.15) is 60.8 Å². The summed E-state index contributed by atoms with van der Waals surface area (Å²) in [5.41, 5.74) is 4.95. The first-order valence-electron chi connectivity index (χ1n) is 7.58. The highest BCUT2D eigenvalue weighted by atomic mass is 16.1. The van der Waals surface area contributed by atoms with Gasteiger partial charge in [-0.2, -0.15) is 0 Å². The third-order valence-corrected chi connectivity index (χ3v) is 3.89. The van der Waals surface area contributed by atoms with Crippen LogP contribution in [-0.2, 0) is 4.79 Å². The lowest BCUT2D eigenvalue weighted by Crippen LogP contribution is -2.55. The number of amides is 1. The second kappa shape index (κ2) is 8.54. The van der Waals surface area contributed by atoms with Crippen LogP contribution in [0.15, 0.2) is 0 Å². The SMILES string of the molecule is CCC(C)N(CC)CCCC(C)(NC(C)C)C(N)=O. The highest BCUT2D eigenvalue weighted by Crippen LogP contribution is 2.15. The predicted molar refractivity (Wildman–Crippen MR) is 82.1 cm³/mol. The lowest BCUT2D eigenvalue weighted by molar-refractivity contribution is -0.124. The average molecular weight is 271 g/mol. The van der Waals surface area contributed by atoms with Gasteiger partial charge in [0.15, 0.2) is 0 Å². The van der Waals surface area contributed by atoms with Crippen LogP contribution in [0.25, 0.3) is 0 Å². The highest BCUT2D eigenvalue weighted by Gasteiger charge is 2.30. The van der Waals surface area contributed by atoms with Gasteiger partial charge in [0.1, 0.15) is 0 Å². The minimum atomic E-state index is -0.594. The third-order valence-electron chi connectivity index (χ3n) is 3.89. The Morgan fingerprint density at radius 1 is 1.32 bits per heavy atom. The first kappa shape index (κ1) is 18.4. The van der Waals surface area contributed by atoms with Crippen molar-refractivity contribution in [3.05, 3.63) is 0 Å². The van der Waals surface area contributed by atoms with Gasteiger partial charge in [0.2, 0.25) is 5.91 Å². The van der Waals surface area contributed by atoms with Crippen molar-refractivity contribution in [3.8, 4) is 0 Å². The number of primary amides is 1. The van der Waals surface area contributed by atoms with Gasteiger partial charge in [-0.1, -0.05) is 13.8 Å². The number of carbonyl (C=O) groups excluding carboxylic acids is 1. The Morgan fingerprint density at radius 2 is 1.89 bits per heavy atom. The molecule has 0 aliphatic rings. The van der Waals surface area contributed by atoms with Crippen LogP contribution in [-0.4, -0.2) is 41.5 Å². The monoisotopic (exact) mass is 271 g/mol. The summed E-state index contributed by atoms with van der Waals surface area (Å²) < 4.78 is 0. The first-order valence-corrected chi connectivity index (χ1v) is 7.58. The Morgan fingerprint density at radius 3 is 2.26 bits per heavy atom. The molecule has 2 unspecified atom stereocenters. The minimum absolute atomic E-state index is 0.257. The molecule has 0 aromatic carbocycles. The zero-order chi connectivity index (χ0) is 15.1. The number of nitrogens with one attached hydrogen (secondary N) is 1. The molecule has 0 spiro atoms. The van der Waals surface area contributed by atoms with Gasteiger partial charge in [-0.25, -0.2) is 0 Å². The van der Waals surface area contributed by atoms with Gasteiger partial charge in [-0.3, -0.25) is 4.79 Å². The Kier molecular flexibility index (Phi) is 8.26. The summed E-state index contributed by atoms with van der Waals surface area (Å²) >= 11 is 0. The van der Waals surface area contributed by atoms with E-state index in [1.165, 1.54) is 0 Å². The molecule has 0 aromatic heterocycles. The molecule has 0 rings (SSSR count). The van der Waals surface area contributed by atoms with Crippen LogP contribution >= 0.6 is 0 Å². The van der Waals surface area contributed by atoms with Crippen LogP contribution in [0.5, 0.6) is 0 Å². The quantitative estimate of drug-likeness (QED) is 0.640. The van der Waals surface area contributed by atoms with Crippen molar-refractivity contribution in [2.45, 2.75) is 78.4 Å². The Hall–Kier alpha value is -0.610. The van der Waals surface area contributed by atoms with Crippen LogP contribution in [0.2, 0.25) is 0 Å². The summed E-state index contributed by atoms with van der Waals surface area (Å²) in [6, 6.07) is 0.859. The molecule has 3 N–H and O–H groups in total. The van der Waals surface area contributed by atoms with Crippen molar-refractivity contribution in [1.82, 2.24) is 10.2 Å². The third kappa shape index (κ3) is 6.39. The largest absolute Gasteiger partial charge is 0.368 e. The van der Waals surface area contributed by atoms with Crippen LogP contribution in [0.3, 0.4) is 0 Å². The summed E-state index contributed by atoms with van der Waals surface area (Å²) in [7, 11) is 0. The lowest BCUT2D eigenvalue weighted by atomic mass is 9.93. The number of nitrogens with zero attached hydrogens (tertiary/aromatic N) is 1. The van der Waals surface area contributed by atoms with E-state index in [-0.39, 0.29) is 11.9 Å². The van der Waals surface area contributed by atoms with Gasteiger partial charge in [-0.05, 0) is 60.0 Å². The summed E-state index contributed by atoms with van der Waals surface area (Å²) in [5.74, 6) is -0.257. The van der Waals surface area contributed by atoms with E-state index < -0.39 is 5.54 Å². The van der Waals surface area contributed by atoms with E-state index in [9.17, 15) is 4.79 Å². The molecule has 0 aliphatic carbocycles. The second-order valence-electron chi connectivity index (χ2n) is 5.98. The minimum Gasteiger partial charge on any atom is -0.368 e. The maximum absolute atomic E-state index is 11.6. The maximum Gasteiger partial charge on any atom is 0.237 e. The van der Waals surface area contributed by atoms with Crippen LogP contribution in [0, 0.1) is 0 Å². The fourth-order valence-electron chi connectivity index (χ4n) is 2.49. The van der Waals surface area contributed by atoms with Gasteiger partial charge < -0.3 is 16.0 Å². The van der Waals surface area contributed by atoms with Crippen molar-refractivity contribution < 1.29 is 4.79 Å². The van der Waals surface area contributed by atoms with Crippen molar-refractivity contribution in [3.63, 3.8) is 0 Å². The molecule has 4 nitrogen and oxygen atoms in total. The molecular weight excluding hydrogens is 238 g/mol. The topological polar surface area (TPSA) is 58.4 Å². The van der Waals surface area contributed by atoms with E-state index in [2.05, 4.69) is 31.0 Å². The summed E-state index contributed by atoms with van der Waals surface area (Å²) in [6.45, 7) is 14.7. The molecule has 114 valence electrons. The molecule has 0 saturated heterocycles. The van der Waals surface area contributed by atoms with Crippen LogP contribution in [0.4, 0.5) is 0 Å². The Labute approximate surface area is 119 Å².